The molecule has 4 nitrogen and oxygen atoms in total. The second-order valence-corrected chi connectivity index (χ2v) is 19.2. The summed E-state index contributed by atoms with van der Waals surface area (Å²) in [6, 6.07) is 94.6. The molecule has 2 heterocycles. The maximum atomic E-state index is 3.36. The molecule has 14 rings (SSSR count). The Morgan fingerprint density at radius 3 is 1.66 bits per heavy atom. The number of anilines is 5. The number of nitrogens with zero attached hydrogens (tertiary/aromatic N) is 4. The molecule has 11 aromatic carbocycles. The lowest BCUT2D eigenvalue weighted by atomic mass is 9.88. The van der Waals surface area contributed by atoms with Crippen molar-refractivity contribution in [1.29, 1.82) is 0 Å². The van der Waals surface area contributed by atoms with E-state index in [0.29, 0.717) is 0 Å². The summed E-state index contributed by atoms with van der Waals surface area (Å²) < 4.78 is 4.69. The molecule has 0 saturated carbocycles. The van der Waals surface area contributed by atoms with Gasteiger partial charge in [-0.1, -0.05) is 177 Å². The van der Waals surface area contributed by atoms with Gasteiger partial charge in [-0.2, -0.15) is 0 Å². The molecule has 344 valence electrons. The molecule has 1 aliphatic carbocycles. The SMILES string of the molecule is CC1C=C(c2ccc(N(c3ccc4c(c3)c3ccccc3n4-c3c#cccc3)c3cccc4ccccc34)cc2)C=CC1N(c1ccc2c(c1)c1ccccc1n2-c1ccccc1)c1cccc2ccccc12. The van der Waals surface area contributed by atoms with E-state index in [4.69, 9.17) is 0 Å². The van der Waals surface area contributed by atoms with E-state index >= 15 is 0 Å². The fourth-order valence-corrected chi connectivity index (χ4v) is 11.7. The van der Waals surface area contributed by atoms with Crippen LogP contribution in [-0.2, 0) is 0 Å². The highest BCUT2D eigenvalue weighted by Crippen LogP contribution is 2.45. The lowest BCUT2D eigenvalue weighted by Crippen LogP contribution is -2.35. The normalized spacial score (nSPS) is 14.6. The molecule has 0 radical (unpaired) electrons. The van der Waals surface area contributed by atoms with E-state index in [-0.39, 0.29) is 12.0 Å². The Kier molecular flexibility index (Phi) is 10.1. The highest BCUT2D eigenvalue weighted by molar-refractivity contribution is 6.12. The largest absolute Gasteiger partial charge is 0.333 e. The lowest BCUT2D eigenvalue weighted by molar-refractivity contribution is 0.613. The van der Waals surface area contributed by atoms with E-state index in [2.05, 4.69) is 287 Å². The molecular weight excluding hydrogens is 885 g/mol. The predicted octanol–water partition coefficient (Wildman–Crippen LogP) is 18.1. The number of aromatic nitrogens is 2. The summed E-state index contributed by atoms with van der Waals surface area (Å²) in [6.45, 7) is 2.37. The maximum absolute atomic E-state index is 3.36. The Morgan fingerprint density at radius 1 is 0.425 bits per heavy atom. The van der Waals surface area contributed by atoms with Gasteiger partial charge in [0, 0.05) is 60.8 Å². The first-order chi connectivity index (χ1) is 36.1. The molecule has 1 aliphatic rings. The maximum Gasteiger partial charge on any atom is 0.0973 e. The van der Waals surface area contributed by atoms with Gasteiger partial charge >= 0.3 is 0 Å². The number of allylic oxidation sites excluding steroid dienone is 2. The molecule has 0 spiro atoms. The smallest absolute Gasteiger partial charge is 0.0973 e. The van der Waals surface area contributed by atoms with Gasteiger partial charge in [0.2, 0.25) is 0 Å². The van der Waals surface area contributed by atoms with Gasteiger partial charge in [0.15, 0.2) is 0 Å². The van der Waals surface area contributed by atoms with Crippen LogP contribution in [0.1, 0.15) is 12.5 Å². The van der Waals surface area contributed by atoms with Crippen molar-refractivity contribution >= 4 is 99.2 Å². The van der Waals surface area contributed by atoms with Crippen LogP contribution in [0, 0.1) is 18.1 Å². The molecule has 0 saturated heterocycles. The minimum absolute atomic E-state index is 0.0504. The van der Waals surface area contributed by atoms with Crippen molar-refractivity contribution < 1.29 is 0 Å². The second kappa shape index (κ2) is 17.4. The third-order valence-corrected chi connectivity index (χ3v) is 15.0. The first-order valence-corrected chi connectivity index (χ1v) is 25.2. The molecule has 73 heavy (non-hydrogen) atoms. The third kappa shape index (κ3) is 7.08. The van der Waals surface area contributed by atoms with Crippen molar-refractivity contribution in [2.24, 2.45) is 5.92 Å². The molecule has 0 amide bonds. The van der Waals surface area contributed by atoms with E-state index in [1.165, 1.54) is 70.9 Å². The van der Waals surface area contributed by atoms with Gasteiger partial charge < -0.3 is 18.9 Å². The number of hydrogen-bond acceptors (Lipinski definition) is 2. The lowest BCUT2D eigenvalue weighted by Gasteiger charge is -2.37. The van der Waals surface area contributed by atoms with Crippen molar-refractivity contribution in [3.05, 3.63) is 279 Å². The zero-order valence-corrected chi connectivity index (χ0v) is 40.3. The van der Waals surface area contributed by atoms with Gasteiger partial charge in [0.25, 0.3) is 0 Å². The van der Waals surface area contributed by atoms with E-state index in [1.54, 1.807) is 0 Å². The third-order valence-electron chi connectivity index (χ3n) is 15.0. The monoisotopic (exact) mass is 932 g/mol. The number of rotatable bonds is 9. The quantitative estimate of drug-likeness (QED) is 0.143. The van der Waals surface area contributed by atoms with E-state index < -0.39 is 0 Å². The van der Waals surface area contributed by atoms with Crippen LogP contribution in [0.15, 0.2) is 261 Å². The minimum atomic E-state index is 0.0504. The second-order valence-electron chi connectivity index (χ2n) is 19.2. The molecule has 0 fully saturated rings. The zero-order chi connectivity index (χ0) is 48.4. The van der Waals surface area contributed by atoms with Crippen molar-refractivity contribution in [3.63, 3.8) is 0 Å². The van der Waals surface area contributed by atoms with Crippen LogP contribution < -0.4 is 9.80 Å². The molecule has 2 atom stereocenters. The fourth-order valence-electron chi connectivity index (χ4n) is 11.7. The van der Waals surface area contributed by atoms with Crippen LogP contribution >= 0.6 is 0 Å². The summed E-state index contributed by atoms with van der Waals surface area (Å²) >= 11 is 0. The van der Waals surface area contributed by atoms with Gasteiger partial charge in [-0.15, -0.1) is 0 Å². The summed E-state index contributed by atoms with van der Waals surface area (Å²) in [4.78, 5) is 4.99. The summed E-state index contributed by atoms with van der Waals surface area (Å²) in [7, 11) is 0. The standard InChI is InChI=1S/C69H48N4/c1-47-44-51(36-41-63(47)73(65-33-17-21-50-19-9-11-27-58(50)65)56-40-43-69-62(46-56)60-29-13-15-31-67(60)72(69)53-24-6-3-7-25-53)48-34-37-54(38-35-48)70(64-32-16-20-49-18-8-10-26-57(49)64)55-39-42-68-61(45-55)59-28-12-14-30-66(59)71(68)52-22-4-2-5-23-52/h2-4,6-22,24-47,63H,1H3. The number of para-hydroxylation sites is 3. The van der Waals surface area contributed by atoms with Crippen molar-refractivity contribution in [2.45, 2.75) is 13.0 Å². The van der Waals surface area contributed by atoms with Crippen LogP contribution in [-0.4, -0.2) is 15.2 Å². The molecule has 0 N–H and O–H groups in total. The molecule has 0 bridgehead atoms. The van der Waals surface area contributed by atoms with Gasteiger partial charge in [-0.3, -0.25) is 0 Å². The van der Waals surface area contributed by atoms with Crippen LogP contribution in [0.4, 0.5) is 28.4 Å². The molecule has 4 heteroatoms. The first kappa shape index (κ1) is 42.3. The Balaban J connectivity index is 0.854. The topological polar surface area (TPSA) is 16.3 Å². The average Bonchev–Trinajstić information content (AvgIpc) is 3.98. The Hall–Kier alpha value is -9.56. The Labute approximate surface area is 424 Å². The highest BCUT2D eigenvalue weighted by atomic mass is 15.2. The van der Waals surface area contributed by atoms with E-state index in [0.717, 1.165) is 45.2 Å². The number of benzene rings is 10. The van der Waals surface area contributed by atoms with Crippen LogP contribution in [0.25, 0.3) is 82.1 Å². The van der Waals surface area contributed by atoms with Gasteiger partial charge in [-0.05, 0) is 131 Å². The highest BCUT2D eigenvalue weighted by Gasteiger charge is 2.28. The molecule has 0 aliphatic heterocycles. The molecule has 2 aromatic heterocycles. The van der Waals surface area contributed by atoms with Crippen LogP contribution in [0.3, 0.4) is 0 Å². The zero-order valence-electron chi connectivity index (χ0n) is 40.3. The van der Waals surface area contributed by atoms with Gasteiger partial charge in [0.05, 0.1) is 39.5 Å². The Morgan fingerprint density at radius 2 is 0.973 bits per heavy atom. The summed E-state index contributed by atoms with van der Waals surface area (Å²) in [5.74, 6) is 0.174. The molecule has 2 unspecified atom stereocenters. The summed E-state index contributed by atoms with van der Waals surface area (Å²) in [5.41, 5.74) is 14.9. The van der Waals surface area contributed by atoms with Crippen LogP contribution in [0.2, 0.25) is 0 Å². The summed E-state index contributed by atoms with van der Waals surface area (Å²) in [6.07, 6.45) is 7.23. The average molecular weight is 933 g/mol. The van der Waals surface area contributed by atoms with E-state index in [1.807, 2.05) is 12.1 Å². The predicted molar refractivity (Wildman–Crippen MR) is 308 cm³/mol. The minimum Gasteiger partial charge on any atom is -0.333 e. The molecular formula is C69H48N4. The Bertz CT molecular complexity index is 4280. The first-order valence-electron chi connectivity index (χ1n) is 25.2. The van der Waals surface area contributed by atoms with Crippen molar-refractivity contribution in [2.75, 3.05) is 9.80 Å². The van der Waals surface area contributed by atoms with Crippen molar-refractivity contribution in [3.8, 4) is 11.4 Å². The van der Waals surface area contributed by atoms with Crippen molar-refractivity contribution in [1.82, 2.24) is 9.13 Å². The number of fused-ring (bicyclic) bond motifs is 8. The number of hydrogen-bond donors (Lipinski definition) is 0. The van der Waals surface area contributed by atoms with Crippen LogP contribution in [0.5, 0.6) is 0 Å². The van der Waals surface area contributed by atoms with Gasteiger partial charge in [-0.25, -0.2) is 0 Å². The fraction of sp³-hybridized carbons (Fsp3) is 0.0435. The van der Waals surface area contributed by atoms with Gasteiger partial charge in [0.1, 0.15) is 0 Å². The summed E-state index contributed by atoms with van der Waals surface area (Å²) in [5, 5.41) is 9.72. The molecule has 13 aromatic rings. The van der Waals surface area contributed by atoms with E-state index in [9.17, 15) is 0 Å².